The number of carbonyl (C=O) groups is 3. The van der Waals surface area contributed by atoms with Crippen LogP contribution >= 0.6 is 34.5 Å². The van der Waals surface area contributed by atoms with Gasteiger partial charge in [-0.2, -0.15) is 0 Å². The summed E-state index contributed by atoms with van der Waals surface area (Å²) in [5, 5.41) is 4.90. The fraction of sp³-hybridized carbons (Fsp3) is 0.250. The molecule has 0 radical (unpaired) electrons. The number of nitrogens with zero attached hydrogens (tertiary/aromatic N) is 2. The highest BCUT2D eigenvalue weighted by atomic mass is 35.5. The second-order valence-corrected chi connectivity index (χ2v) is 10.5. The number of alkyl halides is 2. The first kappa shape index (κ1) is 20.8. The second-order valence-electron chi connectivity index (χ2n) is 8.43. The van der Waals surface area contributed by atoms with Gasteiger partial charge in [-0.1, -0.05) is 48.5 Å². The summed E-state index contributed by atoms with van der Waals surface area (Å²) in [6, 6.07) is 15.0. The van der Waals surface area contributed by atoms with Crippen LogP contribution < -0.4 is 5.32 Å². The molecule has 4 aliphatic rings. The van der Waals surface area contributed by atoms with E-state index in [1.165, 1.54) is 11.3 Å². The molecular weight excluding hydrogens is 481 g/mol. The molecule has 33 heavy (non-hydrogen) atoms. The standard InChI is InChI=1S/C24H17Cl2N3O3S/c25-23-13-5-1-2-6-14(13)24(26,16-8-4-3-7-15(16)23)19-18(23)20(31)29(21(19)32)11-9-17(30)28-22-27-10-12-33-22/h1-8,10,12,18-19H,9,11H2,(H,27,28,30)/t18-,19+,23?,24?. The Balaban J connectivity index is 1.40. The number of imide groups is 1. The first-order chi connectivity index (χ1) is 15.9. The van der Waals surface area contributed by atoms with Crippen molar-refractivity contribution in [3.8, 4) is 0 Å². The highest BCUT2D eigenvalue weighted by molar-refractivity contribution is 7.13. The third-order valence-corrected chi connectivity index (χ3v) is 8.89. The van der Waals surface area contributed by atoms with Gasteiger partial charge < -0.3 is 5.32 Å². The molecule has 1 aliphatic heterocycles. The number of hydrogen-bond acceptors (Lipinski definition) is 5. The van der Waals surface area contributed by atoms with Gasteiger partial charge in [-0.05, 0) is 22.3 Å². The monoisotopic (exact) mass is 497 g/mol. The number of rotatable bonds is 4. The molecule has 3 amide bonds. The average molecular weight is 498 g/mol. The average Bonchev–Trinajstić information content (AvgIpc) is 3.42. The molecule has 3 aliphatic carbocycles. The van der Waals surface area contributed by atoms with Gasteiger partial charge in [0, 0.05) is 24.5 Å². The number of aromatic nitrogens is 1. The fourth-order valence-corrected chi connectivity index (χ4v) is 7.27. The van der Waals surface area contributed by atoms with Crippen LogP contribution in [0.2, 0.25) is 0 Å². The number of amides is 3. The van der Waals surface area contributed by atoms with Gasteiger partial charge in [0.1, 0.15) is 9.75 Å². The molecule has 1 aromatic heterocycles. The molecule has 2 atom stereocenters. The topological polar surface area (TPSA) is 79.4 Å². The minimum atomic E-state index is -1.21. The van der Waals surface area contributed by atoms with Crippen LogP contribution in [-0.2, 0) is 24.1 Å². The van der Waals surface area contributed by atoms with Crippen molar-refractivity contribution in [3.05, 3.63) is 82.4 Å². The number of benzene rings is 2. The molecule has 166 valence electrons. The number of anilines is 1. The molecule has 2 aromatic carbocycles. The second kappa shape index (κ2) is 7.13. The Labute approximate surface area is 203 Å². The summed E-state index contributed by atoms with van der Waals surface area (Å²) >= 11 is 16.0. The Bertz CT molecular complexity index is 1200. The van der Waals surface area contributed by atoms with Gasteiger partial charge in [0.2, 0.25) is 17.7 Å². The Morgan fingerprint density at radius 3 is 1.85 bits per heavy atom. The summed E-state index contributed by atoms with van der Waals surface area (Å²) in [5.41, 5.74) is 3.02. The number of halogens is 2. The van der Waals surface area contributed by atoms with Crippen LogP contribution in [-0.4, -0.2) is 34.2 Å². The normalized spacial score (nSPS) is 29.0. The molecule has 1 saturated heterocycles. The highest BCUT2D eigenvalue weighted by Crippen LogP contribution is 2.69. The van der Waals surface area contributed by atoms with Crippen molar-refractivity contribution in [1.29, 1.82) is 0 Å². The summed E-state index contributed by atoms with van der Waals surface area (Å²) in [5.74, 6) is -2.81. The van der Waals surface area contributed by atoms with E-state index in [1.807, 2.05) is 48.5 Å². The van der Waals surface area contributed by atoms with Crippen molar-refractivity contribution < 1.29 is 14.4 Å². The summed E-state index contributed by atoms with van der Waals surface area (Å²) in [6.45, 7) is -0.0471. The molecule has 0 saturated carbocycles. The van der Waals surface area contributed by atoms with Crippen LogP contribution in [0.4, 0.5) is 5.13 Å². The fourth-order valence-electron chi connectivity index (χ4n) is 5.63. The molecule has 6 nitrogen and oxygen atoms in total. The maximum Gasteiger partial charge on any atom is 0.235 e. The van der Waals surface area contributed by atoms with Crippen molar-refractivity contribution >= 4 is 57.4 Å². The quantitative estimate of drug-likeness (QED) is 0.435. The first-order valence-corrected chi connectivity index (χ1v) is 12.1. The molecule has 9 heteroatoms. The molecule has 0 spiro atoms. The third-order valence-electron chi connectivity index (χ3n) is 6.92. The molecule has 0 unspecified atom stereocenters. The summed E-state index contributed by atoms with van der Waals surface area (Å²) in [6.07, 6.45) is 1.55. The number of hydrogen-bond donors (Lipinski definition) is 1. The SMILES string of the molecule is O=C(CCN1C(=O)[C@@H]2[C@H](C1=O)C1(Cl)c3ccccc3C2(Cl)c2ccccc21)Nc1nccs1. The van der Waals surface area contributed by atoms with Gasteiger partial charge in [-0.25, -0.2) is 4.98 Å². The Hall–Kier alpha value is -2.74. The molecule has 7 rings (SSSR count). The Kier molecular flexibility index (Phi) is 4.50. The largest absolute Gasteiger partial charge is 0.302 e. The first-order valence-electron chi connectivity index (χ1n) is 10.5. The van der Waals surface area contributed by atoms with Gasteiger partial charge >= 0.3 is 0 Å². The van der Waals surface area contributed by atoms with E-state index in [9.17, 15) is 14.4 Å². The lowest BCUT2D eigenvalue weighted by Crippen LogP contribution is -2.57. The van der Waals surface area contributed by atoms with Crippen LogP contribution in [0.15, 0.2) is 60.1 Å². The molecule has 1 fully saturated rings. The lowest BCUT2D eigenvalue weighted by molar-refractivity contribution is -0.140. The van der Waals surface area contributed by atoms with E-state index in [0.717, 1.165) is 27.2 Å². The molecule has 3 aromatic rings. The smallest absolute Gasteiger partial charge is 0.235 e. The van der Waals surface area contributed by atoms with Crippen molar-refractivity contribution in [2.24, 2.45) is 11.8 Å². The molecule has 1 N–H and O–H groups in total. The minimum absolute atomic E-state index is 0.0407. The maximum atomic E-state index is 13.7. The summed E-state index contributed by atoms with van der Waals surface area (Å²) in [7, 11) is 0. The van der Waals surface area contributed by atoms with E-state index in [0.29, 0.717) is 5.13 Å². The predicted octanol–water partition coefficient (Wildman–Crippen LogP) is 4.06. The molecule has 2 heterocycles. The minimum Gasteiger partial charge on any atom is -0.302 e. The Morgan fingerprint density at radius 1 is 0.939 bits per heavy atom. The van der Waals surface area contributed by atoms with E-state index in [2.05, 4.69) is 10.3 Å². The van der Waals surface area contributed by atoms with Crippen molar-refractivity contribution in [3.63, 3.8) is 0 Å². The van der Waals surface area contributed by atoms with Crippen LogP contribution in [0.3, 0.4) is 0 Å². The number of thiazole rings is 1. The Morgan fingerprint density at radius 2 is 1.42 bits per heavy atom. The lowest BCUT2D eigenvalue weighted by atomic mass is 9.54. The van der Waals surface area contributed by atoms with Crippen molar-refractivity contribution in [2.75, 3.05) is 11.9 Å². The molecule has 2 bridgehead atoms. The van der Waals surface area contributed by atoms with Gasteiger partial charge in [0.25, 0.3) is 0 Å². The van der Waals surface area contributed by atoms with E-state index < -0.39 is 33.4 Å². The van der Waals surface area contributed by atoms with Gasteiger partial charge in [0.15, 0.2) is 5.13 Å². The van der Waals surface area contributed by atoms with Gasteiger partial charge in [0.05, 0.1) is 11.8 Å². The zero-order chi connectivity index (χ0) is 23.0. The van der Waals surface area contributed by atoms with Crippen molar-refractivity contribution in [1.82, 2.24) is 9.88 Å². The number of likely N-dealkylation sites (tertiary alicyclic amines) is 1. The van der Waals surface area contributed by atoms with Gasteiger partial charge in [-0.15, -0.1) is 34.5 Å². The van der Waals surface area contributed by atoms with Crippen molar-refractivity contribution in [2.45, 2.75) is 16.2 Å². The van der Waals surface area contributed by atoms with E-state index in [4.69, 9.17) is 23.2 Å². The zero-order valence-electron chi connectivity index (χ0n) is 17.1. The van der Waals surface area contributed by atoms with Crippen LogP contribution in [0, 0.1) is 11.8 Å². The number of carbonyl (C=O) groups excluding carboxylic acids is 3. The third kappa shape index (κ3) is 2.61. The highest BCUT2D eigenvalue weighted by Gasteiger charge is 2.72. The predicted molar refractivity (Wildman–Crippen MR) is 125 cm³/mol. The number of nitrogens with one attached hydrogen (secondary N) is 1. The lowest BCUT2D eigenvalue weighted by Gasteiger charge is -2.54. The van der Waals surface area contributed by atoms with Crippen LogP contribution in [0.25, 0.3) is 0 Å². The van der Waals surface area contributed by atoms with Crippen LogP contribution in [0.1, 0.15) is 28.7 Å². The van der Waals surface area contributed by atoms with E-state index in [-0.39, 0.29) is 18.9 Å². The maximum absolute atomic E-state index is 13.7. The summed E-state index contributed by atoms with van der Waals surface area (Å²) in [4.78, 5) is 42.4. The van der Waals surface area contributed by atoms with Gasteiger partial charge in [-0.3, -0.25) is 19.3 Å². The van der Waals surface area contributed by atoms with Crippen LogP contribution in [0.5, 0.6) is 0 Å². The van der Waals surface area contributed by atoms with E-state index in [1.54, 1.807) is 11.6 Å². The zero-order valence-corrected chi connectivity index (χ0v) is 19.5. The summed E-state index contributed by atoms with van der Waals surface area (Å²) < 4.78 is 0. The van der Waals surface area contributed by atoms with E-state index >= 15 is 0 Å². The molecular formula is C24H17Cl2N3O3S.